The van der Waals surface area contributed by atoms with E-state index in [2.05, 4.69) is 31.4 Å². The van der Waals surface area contributed by atoms with Crippen molar-refractivity contribution in [3.05, 3.63) is 117 Å². The summed E-state index contributed by atoms with van der Waals surface area (Å²) in [5.41, 5.74) is 6.22. The van der Waals surface area contributed by atoms with Gasteiger partial charge in [-0.05, 0) is 67.1 Å². The lowest BCUT2D eigenvalue weighted by molar-refractivity contribution is 0.0728. The van der Waals surface area contributed by atoms with E-state index in [1.807, 2.05) is 49.4 Å². The fraction of sp³-hybridized carbons (Fsp3) is 0.0645. The second-order valence-electron chi connectivity index (χ2n) is 8.64. The number of aromatic amines is 1. The molecular formula is C31H23BrClN3O4. The lowest BCUT2D eigenvalue weighted by Gasteiger charge is -2.11. The van der Waals surface area contributed by atoms with Crippen LogP contribution in [0.4, 0.5) is 0 Å². The molecule has 0 saturated heterocycles. The zero-order valence-corrected chi connectivity index (χ0v) is 23.6. The number of carbonyl (C=O) groups excluding carboxylic acids is 2. The van der Waals surface area contributed by atoms with Gasteiger partial charge in [-0.25, -0.2) is 10.2 Å². The zero-order chi connectivity index (χ0) is 28.1. The number of ether oxygens (including phenoxy) is 2. The molecule has 0 saturated carbocycles. The normalized spacial score (nSPS) is 11.1. The van der Waals surface area contributed by atoms with Crippen molar-refractivity contribution < 1.29 is 19.1 Å². The van der Waals surface area contributed by atoms with Gasteiger partial charge in [-0.15, -0.1) is 0 Å². The molecule has 1 aromatic heterocycles. The van der Waals surface area contributed by atoms with E-state index in [1.54, 1.807) is 48.5 Å². The Morgan fingerprint density at radius 2 is 1.73 bits per heavy atom. The number of fused-ring (bicyclic) bond motifs is 1. The van der Waals surface area contributed by atoms with Crippen LogP contribution in [0, 0.1) is 0 Å². The van der Waals surface area contributed by atoms with Gasteiger partial charge in [0.2, 0.25) is 0 Å². The van der Waals surface area contributed by atoms with Crippen molar-refractivity contribution in [3.63, 3.8) is 0 Å². The number of hydrogen-bond acceptors (Lipinski definition) is 5. The van der Waals surface area contributed by atoms with Crippen LogP contribution in [0.25, 0.3) is 22.0 Å². The van der Waals surface area contributed by atoms with E-state index in [0.717, 1.165) is 20.9 Å². The van der Waals surface area contributed by atoms with Crippen LogP contribution in [0.5, 0.6) is 11.5 Å². The molecule has 1 amide bonds. The first-order valence-electron chi connectivity index (χ1n) is 12.4. The first-order valence-corrected chi connectivity index (χ1v) is 13.5. The molecule has 4 aromatic carbocycles. The third-order valence-electron chi connectivity index (χ3n) is 6.01. The molecule has 5 rings (SSSR count). The third kappa shape index (κ3) is 5.93. The highest BCUT2D eigenvalue weighted by atomic mass is 79.9. The SMILES string of the molecule is CCOc1cc(C=NNC(=O)c2[nH]c3ccccc3c2-c2ccccc2Cl)ccc1OC(=O)c1ccc(Br)cc1. The number of amides is 1. The summed E-state index contributed by atoms with van der Waals surface area (Å²) in [7, 11) is 0. The maximum absolute atomic E-state index is 13.2. The average Bonchev–Trinajstić information content (AvgIpc) is 3.34. The minimum absolute atomic E-state index is 0.276. The number of rotatable bonds is 8. The summed E-state index contributed by atoms with van der Waals surface area (Å²) in [5, 5.41) is 5.56. The van der Waals surface area contributed by atoms with Gasteiger partial charge in [0.1, 0.15) is 5.69 Å². The molecule has 40 heavy (non-hydrogen) atoms. The molecule has 5 aromatic rings. The highest BCUT2D eigenvalue weighted by Gasteiger charge is 2.20. The van der Waals surface area contributed by atoms with Crippen molar-refractivity contribution in [2.45, 2.75) is 6.92 Å². The highest BCUT2D eigenvalue weighted by molar-refractivity contribution is 9.10. The maximum Gasteiger partial charge on any atom is 0.343 e. The average molecular weight is 617 g/mol. The van der Waals surface area contributed by atoms with Crippen molar-refractivity contribution in [2.75, 3.05) is 6.61 Å². The number of halogens is 2. The second kappa shape index (κ2) is 12.2. The quantitative estimate of drug-likeness (QED) is 0.0811. The molecule has 0 unspecified atom stereocenters. The Balaban J connectivity index is 1.36. The number of nitrogens with one attached hydrogen (secondary N) is 2. The minimum atomic E-state index is -0.505. The van der Waals surface area contributed by atoms with Gasteiger partial charge >= 0.3 is 5.97 Å². The number of hydrogen-bond donors (Lipinski definition) is 2. The molecule has 0 spiro atoms. The smallest absolute Gasteiger partial charge is 0.343 e. The number of nitrogens with zero attached hydrogens (tertiary/aromatic N) is 1. The van der Waals surface area contributed by atoms with Gasteiger partial charge in [0.15, 0.2) is 11.5 Å². The van der Waals surface area contributed by atoms with Crippen LogP contribution in [0.2, 0.25) is 5.02 Å². The van der Waals surface area contributed by atoms with Crippen molar-refractivity contribution >= 4 is 56.5 Å². The molecule has 0 aliphatic rings. The number of hydrazone groups is 1. The summed E-state index contributed by atoms with van der Waals surface area (Å²) < 4.78 is 12.1. The fourth-order valence-electron chi connectivity index (χ4n) is 4.18. The molecule has 1 heterocycles. The van der Waals surface area contributed by atoms with E-state index < -0.39 is 11.9 Å². The third-order valence-corrected chi connectivity index (χ3v) is 6.86. The van der Waals surface area contributed by atoms with Gasteiger partial charge < -0.3 is 14.5 Å². The molecular weight excluding hydrogens is 594 g/mol. The van der Waals surface area contributed by atoms with Crippen LogP contribution in [0.3, 0.4) is 0 Å². The van der Waals surface area contributed by atoms with Crippen LogP contribution in [0.1, 0.15) is 33.3 Å². The molecule has 200 valence electrons. The van der Waals surface area contributed by atoms with Crippen molar-refractivity contribution in [1.82, 2.24) is 10.4 Å². The maximum atomic E-state index is 13.2. The van der Waals surface area contributed by atoms with E-state index in [-0.39, 0.29) is 5.75 Å². The molecule has 7 nitrogen and oxygen atoms in total. The highest BCUT2D eigenvalue weighted by Crippen LogP contribution is 2.36. The number of benzene rings is 4. The van der Waals surface area contributed by atoms with E-state index in [4.69, 9.17) is 21.1 Å². The number of esters is 1. The Morgan fingerprint density at radius 1 is 0.975 bits per heavy atom. The Kier molecular flexibility index (Phi) is 8.28. The van der Waals surface area contributed by atoms with Crippen LogP contribution in [-0.4, -0.2) is 29.7 Å². The van der Waals surface area contributed by atoms with Crippen LogP contribution in [0.15, 0.2) is 101 Å². The summed E-state index contributed by atoms with van der Waals surface area (Å²) in [6.45, 7) is 2.20. The van der Waals surface area contributed by atoms with Crippen molar-refractivity contribution in [2.24, 2.45) is 5.10 Å². The van der Waals surface area contributed by atoms with Gasteiger partial charge in [0.05, 0.1) is 18.4 Å². The van der Waals surface area contributed by atoms with Crippen LogP contribution < -0.4 is 14.9 Å². The molecule has 9 heteroatoms. The topological polar surface area (TPSA) is 92.8 Å². The summed E-state index contributed by atoms with van der Waals surface area (Å²) >= 11 is 9.83. The molecule has 0 bridgehead atoms. The van der Waals surface area contributed by atoms with Gasteiger partial charge in [-0.2, -0.15) is 5.10 Å². The Labute approximate surface area is 243 Å². The largest absolute Gasteiger partial charge is 0.490 e. The van der Waals surface area contributed by atoms with Crippen LogP contribution >= 0.6 is 27.5 Å². The Morgan fingerprint density at radius 3 is 2.50 bits per heavy atom. The number of carbonyl (C=O) groups is 2. The van der Waals surface area contributed by atoms with Crippen LogP contribution in [-0.2, 0) is 0 Å². The summed E-state index contributed by atoms with van der Waals surface area (Å²) in [5.74, 6) is -0.277. The van der Waals surface area contributed by atoms with E-state index in [1.165, 1.54) is 6.21 Å². The first-order chi connectivity index (χ1) is 19.4. The summed E-state index contributed by atoms with van der Waals surface area (Å²) in [6, 6.07) is 26.9. The van der Waals surface area contributed by atoms with E-state index in [0.29, 0.717) is 39.8 Å². The van der Waals surface area contributed by atoms with Gasteiger partial charge in [-0.3, -0.25) is 4.79 Å². The minimum Gasteiger partial charge on any atom is -0.490 e. The summed E-state index contributed by atoms with van der Waals surface area (Å²) in [6.07, 6.45) is 1.48. The number of para-hydroxylation sites is 1. The standard InChI is InChI=1S/C31H23BrClN3O4/c1-2-39-27-17-19(11-16-26(27)40-31(38)20-12-14-21(32)15-13-20)18-34-36-30(37)29-28(22-7-3-5-9-24(22)33)23-8-4-6-10-25(23)35-29/h3-18,35H,2H2,1H3,(H,36,37). The zero-order valence-electron chi connectivity index (χ0n) is 21.3. The van der Waals surface area contributed by atoms with Crippen molar-refractivity contribution in [1.29, 1.82) is 0 Å². The summed E-state index contributed by atoms with van der Waals surface area (Å²) in [4.78, 5) is 29.0. The van der Waals surface area contributed by atoms with Gasteiger partial charge in [0, 0.05) is 31.5 Å². The number of aromatic nitrogens is 1. The first kappa shape index (κ1) is 27.2. The van der Waals surface area contributed by atoms with Gasteiger partial charge in [-0.1, -0.05) is 63.9 Å². The molecule has 0 radical (unpaired) electrons. The molecule has 2 N–H and O–H groups in total. The molecule has 0 atom stereocenters. The molecule has 0 fully saturated rings. The Bertz CT molecular complexity index is 1730. The predicted octanol–water partition coefficient (Wildman–Crippen LogP) is 7.63. The van der Waals surface area contributed by atoms with E-state index in [9.17, 15) is 9.59 Å². The molecule has 0 aliphatic carbocycles. The Hall–Kier alpha value is -4.40. The van der Waals surface area contributed by atoms with Gasteiger partial charge in [0.25, 0.3) is 5.91 Å². The van der Waals surface area contributed by atoms with Crippen molar-refractivity contribution in [3.8, 4) is 22.6 Å². The van der Waals surface area contributed by atoms with E-state index >= 15 is 0 Å². The number of H-pyrrole nitrogens is 1. The fourth-order valence-corrected chi connectivity index (χ4v) is 4.67. The lowest BCUT2D eigenvalue weighted by atomic mass is 10.0. The second-order valence-corrected chi connectivity index (χ2v) is 9.96. The molecule has 0 aliphatic heterocycles. The monoisotopic (exact) mass is 615 g/mol. The predicted molar refractivity (Wildman–Crippen MR) is 161 cm³/mol. The lowest BCUT2D eigenvalue weighted by Crippen LogP contribution is -2.19.